The number of ketones is 1. The molecule has 6 heteroatoms. The van der Waals surface area contributed by atoms with Crippen LogP contribution >= 0.6 is 23.2 Å². The minimum absolute atomic E-state index is 0.0413. The maximum absolute atomic E-state index is 12.8. The Kier molecular flexibility index (Phi) is 5.88. The molecule has 140 valence electrons. The molecule has 2 aromatic carbocycles. The second-order valence-electron chi connectivity index (χ2n) is 6.42. The number of aryl methyl sites for hydroxylation is 1. The number of carbonyl (C=O) groups is 1. The highest BCUT2D eigenvalue weighted by molar-refractivity contribution is 6.36. The van der Waals surface area contributed by atoms with Gasteiger partial charge in [-0.05, 0) is 30.7 Å². The third-order valence-electron chi connectivity index (χ3n) is 4.53. The van der Waals surface area contributed by atoms with Crippen LogP contribution in [0.1, 0.15) is 35.7 Å². The second-order valence-corrected chi connectivity index (χ2v) is 7.27. The molecule has 0 unspecified atom stereocenters. The summed E-state index contributed by atoms with van der Waals surface area (Å²) in [6, 6.07) is 10.7. The van der Waals surface area contributed by atoms with E-state index in [0.29, 0.717) is 15.6 Å². The van der Waals surface area contributed by atoms with Crippen LogP contribution in [0.2, 0.25) is 10.0 Å². The highest BCUT2D eigenvalue weighted by Crippen LogP contribution is 2.23. The quantitative estimate of drug-likeness (QED) is 0.547. The van der Waals surface area contributed by atoms with Gasteiger partial charge >= 0.3 is 0 Å². The lowest BCUT2D eigenvalue weighted by Gasteiger charge is -2.06. The molecule has 0 amide bonds. The molecule has 0 aliphatic heterocycles. The summed E-state index contributed by atoms with van der Waals surface area (Å²) in [5.41, 5.74) is 3.49. The first-order valence-corrected chi connectivity index (χ1v) is 9.57. The van der Waals surface area contributed by atoms with Gasteiger partial charge in [-0.1, -0.05) is 60.8 Å². The minimum Gasteiger partial charge on any atom is -0.313 e. The van der Waals surface area contributed by atoms with Crippen molar-refractivity contribution in [2.75, 3.05) is 0 Å². The highest BCUT2D eigenvalue weighted by atomic mass is 35.5. The van der Waals surface area contributed by atoms with E-state index < -0.39 is 0 Å². The van der Waals surface area contributed by atoms with E-state index in [0.717, 1.165) is 29.4 Å². The van der Waals surface area contributed by atoms with Gasteiger partial charge in [-0.15, -0.1) is 0 Å². The number of hydrogen-bond acceptors (Lipinski definition) is 2. The average molecular weight is 402 g/mol. The maximum atomic E-state index is 12.8. The number of halogens is 2. The molecule has 4 nitrogen and oxygen atoms in total. The van der Waals surface area contributed by atoms with Crippen molar-refractivity contribution in [2.45, 2.75) is 26.3 Å². The molecule has 27 heavy (non-hydrogen) atoms. The number of imidazole rings is 1. The molecule has 0 saturated carbocycles. The van der Waals surface area contributed by atoms with Gasteiger partial charge in [-0.2, -0.15) is 0 Å². The SMILES string of the molecule is CCCC=Cc1cccc2c1n(C)c(=N)n2CC(=O)c1ccc(Cl)cc1Cl. The summed E-state index contributed by atoms with van der Waals surface area (Å²) in [7, 11) is 1.85. The van der Waals surface area contributed by atoms with Crippen molar-refractivity contribution < 1.29 is 4.79 Å². The number of allylic oxidation sites excluding steroid dienone is 1. The fourth-order valence-electron chi connectivity index (χ4n) is 3.15. The summed E-state index contributed by atoms with van der Waals surface area (Å²) in [5.74, 6) is -0.158. The zero-order valence-electron chi connectivity index (χ0n) is 15.3. The number of Topliss-reactive ketones (excluding diaryl/α,β-unsaturated/α-hetero) is 1. The van der Waals surface area contributed by atoms with E-state index in [4.69, 9.17) is 28.6 Å². The van der Waals surface area contributed by atoms with Gasteiger partial charge in [0.1, 0.15) is 0 Å². The van der Waals surface area contributed by atoms with Gasteiger partial charge in [0.15, 0.2) is 5.78 Å². The van der Waals surface area contributed by atoms with E-state index in [9.17, 15) is 4.79 Å². The molecule has 1 aromatic heterocycles. The number of rotatable bonds is 6. The Labute approximate surface area is 168 Å². The zero-order valence-corrected chi connectivity index (χ0v) is 16.8. The molecule has 3 rings (SSSR count). The van der Waals surface area contributed by atoms with Gasteiger partial charge in [0.25, 0.3) is 0 Å². The third kappa shape index (κ3) is 3.87. The van der Waals surface area contributed by atoms with Crippen LogP contribution in [0.25, 0.3) is 17.1 Å². The standard InChI is InChI=1S/C21H21Cl2N3O/c1-3-4-5-7-14-8-6-9-18-20(14)25(2)21(24)26(18)13-19(27)16-11-10-15(22)12-17(16)23/h5-12,24H,3-4,13H2,1-2H3. The number of unbranched alkanes of at least 4 members (excludes halogenated alkanes) is 1. The number of aromatic nitrogens is 2. The van der Waals surface area contributed by atoms with Crippen LogP contribution in [0, 0.1) is 5.41 Å². The molecule has 0 radical (unpaired) electrons. The minimum atomic E-state index is -0.158. The van der Waals surface area contributed by atoms with Crippen LogP contribution in [-0.4, -0.2) is 14.9 Å². The van der Waals surface area contributed by atoms with Gasteiger partial charge in [0.2, 0.25) is 5.62 Å². The second kappa shape index (κ2) is 8.15. The molecule has 0 atom stereocenters. The lowest BCUT2D eigenvalue weighted by atomic mass is 10.1. The van der Waals surface area contributed by atoms with E-state index >= 15 is 0 Å². The van der Waals surface area contributed by atoms with Crippen LogP contribution in [0.4, 0.5) is 0 Å². The molecule has 1 N–H and O–H groups in total. The van der Waals surface area contributed by atoms with Crippen molar-refractivity contribution in [3.05, 3.63) is 69.3 Å². The molecule has 0 aliphatic rings. The molecule has 0 bridgehead atoms. The number of para-hydroxylation sites is 1. The van der Waals surface area contributed by atoms with Crippen molar-refractivity contribution in [3.63, 3.8) is 0 Å². The average Bonchev–Trinajstić information content (AvgIpc) is 2.87. The van der Waals surface area contributed by atoms with Gasteiger partial charge in [0.05, 0.1) is 22.6 Å². The fraction of sp³-hybridized carbons (Fsp3) is 0.238. The van der Waals surface area contributed by atoms with Crippen molar-refractivity contribution in [1.29, 1.82) is 5.41 Å². The molecular weight excluding hydrogens is 381 g/mol. The molecule has 0 fully saturated rings. The molecule has 1 heterocycles. The predicted molar refractivity (Wildman–Crippen MR) is 111 cm³/mol. The van der Waals surface area contributed by atoms with Crippen LogP contribution in [-0.2, 0) is 13.6 Å². The van der Waals surface area contributed by atoms with Crippen LogP contribution in [0.15, 0.2) is 42.5 Å². The van der Waals surface area contributed by atoms with Crippen LogP contribution < -0.4 is 5.62 Å². The summed E-state index contributed by atoms with van der Waals surface area (Å²) in [6.07, 6.45) is 6.30. The van der Waals surface area contributed by atoms with E-state index in [1.807, 2.05) is 25.2 Å². The lowest BCUT2D eigenvalue weighted by Crippen LogP contribution is -2.26. The van der Waals surface area contributed by atoms with Gasteiger partial charge < -0.3 is 9.13 Å². The Bertz CT molecular complexity index is 1090. The van der Waals surface area contributed by atoms with Crippen molar-refractivity contribution in [2.24, 2.45) is 7.05 Å². The van der Waals surface area contributed by atoms with Crippen molar-refractivity contribution in [1.82, 2.24) is 9.13 Å². The number of nitrogens with one attached hydrogen (secondary N) is 1. The summed E-state index contributed by atoms with van der Waals surface area (Å²) in [4.78, 5) is 12.8. The molecule has 0 saturated heterocycles. The summed E-state index contributed by atoms with van der Waals surface area (Å²) >= 11 is 12.1. The third-order valence-corrected chi connectivity index (χ3v) is 5.08. The van der Waals surface area contributed by atoms with E-state index in [2.05, 4.69) is 19.1 Å². The first-order chi connectivity index (χ1) is 12.9. The lowest BCUT2D eigenvalue weighted by molar-refractivity contribution is 0.0971. The Balaban J connectivity index is 2.05. The summed E-state index contributed by atoms with van der Waals surface area (Å²) in [5, 5.41) is 9.28. The van der Waals surface area contributed by atoms with Crippen molar-refractivity contribution >= 4 is 46.1 Å². The van der Waals surface area contributed by atoms with Gasteiger partial charge in [0, 0.05) is 23.2 Å². The van der Waals surface area contributed by atoms with E-state index in [1.165, 1.54) is 0 Å². The van der Waals surface area contributed by atoms with Crippen LogP contribution in [0.3, 0.4) is 0 Å². The molecule has 0 aliphatic carbocycles. The normalized spacial score (nSPS) is 11.6. The predicted octanol–water partition coefficient (Wildman–Crippen LogP) is 5.46. The summed E-state index contributed by atoms with van der Waals surface area (Å²) in [6.45, 7) is 2.18. The van der Waals surface area contributed by atoms with E-state index in [-0.39, 0.29) is 17.9 Å². The number of nitrogens with zero attached hydrogens (tertiary/aromatic N) is 2. The number of carbonyl (C=O) groups excluding carboxylic acids is 1. The number of fused-ring (bicyclic) bond motifs is 1. The summed E-state index contributed by atoms with van der Waals surface area (Å²) < 4.78 is 3.51. The Morgan fingerprint density at radius 1 is 1.22 bits per heavy atom. The van der Waals surface area contributed by atoms with Crippen LogP contribution in [0.5, 0.6) is 0 Å². The molecule has 3 aromatic rings. The fourth-order valence-corrected chi connectivity index (χ4v) is 3.66. The smallest absolute Gasteiger partial charge is 0.203 e. The van der Waals surface area contributed by atoms with E-state index in [1.54, 1.807) is 27.3 Å². The Morgan fingerprint density at radius 3 is 2.70 bits per heavy atom. The maximum Gasteiger partial charge on any atom is 0.203 e. The number of hydrogen-bond donors (Lipinski definition) is 1. The largest absolute Gasteiger partial charge is 0.313 e. The number of benzene rings is 2. The first kappa shape index (κ1) is 19.5. The molecular formula is C21H21Cl2N3O. The first-order valence-electron chi connectivity index (χ1n) is 8.81. The molecule has 0 spiro atoms. The Hall–Kier alpha value is -2.30. The topological polar surface area (TPSA) is 50.8 Å². The van der Waals surface area contributed by atoms with Gasteiger partial charge in [-0.3, -0.25) is 10.2 Å². The highest BCUT2D eigenvalue weighted by Gasteiger charge is 2.16. The van der Waals surface area contributed by atoms with Gasteiger partial charge in [-0.25, -0.2) is 0 Å². The monoisotopic (exact) mass is 401 g/mol. The van der Waals surface area contributed by atoms with Crippen molar-refractivity contribution in [3.8, 4) is 0 Å². The zero-order chi connectivity index (χ0) is 19.6. The Morgan fingerprint density at radius 2 is 2.00 bits per heavy atom.